The summed E-state index contributed by atoms with van der Waals surface area (Å²) in [6.45, 7) is 2.24. The molecule has 0 saturated heterocycles. The number of carbonyl (C=O) groups excluding carboxylic acids is 1. The fraction of sp³-hybridized carbons (Fsp3) is 0.591. The van der Waals surface area contributed by atoms with Crippen LogP contribution < -0.4 is 4.74 Å². The van der Waals surface area contributed by atoms with E-state index in [9.17, 15) is 13.2 Å². The molecule has 28 heavy (non-hydrogen) atoms. The predicted octanol–water partition coefficient (Wildman–Crippen LogP) is 6.10. The summed E-state index contributed by atoms with van der Waals surface area (Å²) in [4.78, 5) is 11.5. The maximum atomic E-state index is 11.7. The van der Waals surface area contributed by atoms with Gasteiger partial charge in [-0.1, -0.05) is 77.2 Å². The highest BCUT2D eigenvalue weighted by Crippen LogP contribution is 2.16. The Morgan fingerprint density at radius 2 is 1.39 bits per heavy atom. The monoisotopic (exact) mass is 410 g/mol. The van der Waals surface area contributed by atoms with Crippen LogP contribution in [0.4, 0.5) is 0 Å². The molecule has 0 aliphatic rings. The smallest absolute Gasteiger partial charge is 0.335 e. The lowest BCUT2D eigenvalue weighted by Crippen LogP contribution is -2.04. The zero-order valence-corrected chi connectivity index (χ0v) is 17.8. The molecular weight excluding hydrogens is 376 g/mol. The summed E-state index contributed by atoms with van der Waals surface area (Å²) < 4.78 is 35.9. The van der Waals surface area contributed by atoms with Crippen molar-refractivity contribution in [2.45, 2.75) is 88.9 Å². The highest BCUT2D eigenvalue weighted by molar-refractivity contribution is 7.85. The van der Waals surface area contributed by atoms with E-state index in [1.807, 2.05) is 6.08 Å². The first-order valence-electron chi connectivity index (χ1n) is 10.4. The average molecular weight is 411 g/mol. The largest absolute Gasteiger partial charge is 0.423 e. The average Bonchev–Trinajstić information content (AvgIpc) is 2.65. The molecule has 0 unspecified atom stereocenters. The zero-order valence-electron chi connectivity index (χ0n) is 16.9. The van der Waals surface area contributed by atoms with Crippen molar-refractivity contribution in [2.75, 3.05) is 0 Å². The highest BCUT2D eigenvalue weighted by atomic mass is 32.2. The number of hydrogen-bond acceptors (Lipinski definition) is 4. The molecule has 1 N–H and O–H groups in total. The van der Waals surface area contributed by atoms with Gasteiger partial charge in [-0.2, -0.15) is 8.42 Å². The Balaban J connectivity index is 2.06. The minimum absolute atomic E-state index is 0.233. The van der Waals surface area contributed by atoms with Gasteiger partial charge in [-0.3, -0.25) is 4.55 Å². The van der Waals surface area contributed by atoms with Gasteiger partial charge in [-0.15, -0.1) is 0 Å². The van der Waals surface area contributed by atoms with Crippen LogP contribution in [0.1, 0.15) is 84.0 Å². The summed E-state index contributed by atoms with van der Waals surface area (Å²) in [6.07, 6.45) is 18.3. The number of allylic oxidation sites excluding steroid dienone is 1. The number of ether oxygens (including phenoxy) is 1. The Morgan fingerprint density at radius 3 is 1.89 bits per heavy atom. The van der Waals surface area contributed by atoms with Crippen molar-refractivity contribution in [1.82, 2.24) is 0 Å². The van der Waals surface area contributed by atoms with Crippen molar-refractivity contribution in [3.8, 4) is 5.75 Å². The third kappa shape index (κ3) is 11.9. The van der Waals surface area contributed by atoms with Crippen molar-refractivity contribution < 1.29 is 22.5 Å². The second-order valence-corrected chi connectivity index (χ2v) is 8.52. The van der Waals surface area contributed by atoms with E-state index in [0.29, 0.717) is 0 Å². The second kappa shape index (κ2) is 14.4. The molecule has 0 atom stereocenters. The van der Waals surface area contributed by atoms with Crippen LogP contribution in [0.25, 0.3) is 0 Å². The number of carbonyl (C=O) groups is 1. The first-order chi connectivity index (χ1) is 13.4. The van der Waals surface area contributed by atoms with Crippen molar-refractivity contribution in [3.05, 3.63) is 36.4 Å². The molecule has 0 aliphatic heterocycles. The van der Waals surface area contributed by atoms with Crippen LogP contribution in [-0.2, 0) is 14.9 Å². The maximum absolute atomic E-state index is 11.7. The van der Waals surface area contributed by atoms with E-state index >= 15 is 0 Å². The van der Waals surface area contributed by atoms with Gasteiger partial charge in [0.15, 0.2) is 0 Å². The fourth-order valence-corrected chi connectivity index (χ4v) is 3.42. The van der Waals surface area contributed by atoms with E-state index in [2.05, 4.69) is 6.92 Å². The molecule has 158 valence electrons. The quantitative estimate of drug-likeness (QED) is 0.124. The van der Waals surface area contributed by atoms with Crippen LogP contribution >= 0.6 is 0 Å². The molecule has 1 aromatic carbocycles. The number of unbranched alkanes of at least 4 members (excludes halogenated alkanes) is 11. The van der Waals surface area contributed by atoms with Gasteiger partial charge in [0.05, 0.1) is 4.90 Å². The normalized spacial score (nSPS) is 11.8. The molecule has 0 saturated carbocycles. The maximum Gasteiger partial charge on any atom is 0.335 e. The Kier molecular flexibility index (Phi) is 12.5. The topological polar surface area (TPSA) is 80.7 Å². The van der Waals surface area contributed by atoms with Crippen LogP contribution in [0.2, 0.25) is 0 Å². The van der Waals surface area contributed by atoms with Crippen LogP contribution in [0, 0.1) is 0 Å². The van der Waals surface area contributed by atoms with Gasteiger partial charge < -0.3 is 4.74 Å². The summed E-state index contributed by atoms with van der Waals surface area (Å²) in [7, 11) is -4.24. The number of esters is 1. The number of hydrogen-bond donors (Lipinski definition) is 1. The van der Waals surface area contributed by atoms with E-state index in [0.717, 1.165) is 12.8 Å². The third-order valence-electron chi connectivity index (χ3n) is 4.57. The molecule has 0 aliphatic carbocycles. The van der Waals surface area contributed by atoms with Gasteiger partial charge >= 0.3 is 5.97 Å². The van der Waals surface area contributed by atoms with Crippen molar-refractivity contribution in [1.29, 1.82) is 0 Å². The Hall–Kier alpha value is -1.66. The Labute approximate surface area is 169 Å². The number of benzene rings is 1. The van der Waals surface area contributed by atoms with Gasteiger partial charge in [0.2, 0.25) is 0 Å². The van der Waals surface area contributed by atoms with E-state index in [1.165, 1.54) is 94.5 Å². The lowest BCUT2D eigenvalue weighted by atomic mass is 10.1. The van der Waals surface area contributed by atoms with Crippen molar-refractivity contribution >= 4 is 16.1 Å². The number of rotatable bonds is 15. The molecule has 0 heterocycles. The minimum atomic E-state index is -4.24. The fourth-order valence-electron chi connectivity index (χ4n) is 2.94. The molecular formula is C22H34O5S. The lowest BCUT2D eigenvalue weighted by molar-refractivity contribution is -0.129. The highest BCUT2D eigenvalue weighted by Gasteiger charge is 2.09. The van der Waals surface area contributed by atoms with Gasteiger partial charge in [0.25, 0.3) is 10.1 Å². The standard InChI is InChI=1S/C22H34O5S/c1-2-3-4-5-6-7-8-9-10-11-12-13-14-15-22(23)27-20-16-18-21(19-17-20)28(24,25)26/h14-19H,2-13H2,1H3,(H,24,25,26). The van der Waals surface area contributed by atoms with Gasteiger partial charge in [-0.25, -0.2) is 4.79 Å². The Morgan fingerprint density at radius 1 is 0.893 bits per heavy atom. The summed E-state index contributed by atoms with van der Waals surface area (Å²) >= 11 is 0. The van der Waals surface area contributed by atoms with Gasteiger partial charge in [0, 0.05) is 6.08 Å². The first kappa shape index (κ1) is 24.4. The molecule has 0 spiro atoms. The summed E-state index contributed by atoms with van der Waals surface area (Å²) in [5.41, 5.74) is 0. The lowest BCUT2D eigenvalue weighted by Gasteiger charge is -2.02. The SMILES string of the molecule is CCCCCCCCCCCCCC=CC(=O)Oc1ccc(S(=O)(=O)O)cc1. The van der Waals surface area contributed by atoms with Crippen LogP contribution in [0.15, 0.2) is 41.3 Å². The second-order valence-electron chi connectivity index (χ2n) is 7.09. The first-order valence-corrected chi connectivity index (χ1v) is 11.8. The van der Waals surface area contributed by atoms with E-state index < -0.39 is 16.1 Å². The van der Waals surface area contributed by atoms with Crippen molar-refractivity contribution in [2.24, 2.45) is 0 Å². The summed E-state index contributed by atoms with van der Waals surface area (Å²) in [5, 5.41) is 0. The van der Waals surface area contributed by atoms with Crippen LogP contribution in [-0.4, -0.2) is 18.9 Å². The van der Waals surface area contributed by atoms with E-state index in [-0.39, 0.29) is 10.6 Å². The van der Waals surface area contributed by atoms with Crippen molar-refractivity contribution in [3.63, 3.8) is 0 Å². The molecule has 0 amide bonds. The van der Waals surface area contributed by atoms with E-state index in [4.69, 9.17) is 9.29 Å². The van der Waals surface area contributed by atoms with Gasteiger partial charge in [-0.05, 0) is 37.1 Å². The molecule has 5 nitrogen and oxygen atoms in total. The zero-order chi connectivity index (χ0) is 20.7. The van der Waals surface area contributed by atoms with Gasteiger partial charge in [0.1, 0.15) is 5.75 Å². The molecule has 0 bridgehead atoms. The third-order valence-corrected chi connectivity index (χ3v) is 5.44. The molecule has 0 radical (unpaired) electrons. The molecule has 1 rings (SSSR count). The summed E-state index contributed by atoms with van der Waals surface area (Å²) in [6, 6.07) is 5.04. The van der Waals surface area contributed by atoms with Crippen LogP contribution in [0.3, 0.4) is 0 Å². The van der Waals surface area contributed by atoms with E-state index in [1.54, 1.807) is 0 Å². The van der Waals surface area contributed by atoms with Crippen LogP contribution in [0.5, 0.6) is 5.75 Å². The molecule has 0 aromatic heterocycles. The Bertz CT molecular complexity index is 677. The molecule has 1 aromatic rings. The molecule has 6 heteroatoms. The minimum Gasteiger partial charge on any atom is -0.423 e. The summed E-state index contributed by atoms with van der Waals surface area (Å²) in [5.74, 6) is -0.264. The molecule has 0 fully saturated rings. The predicted molar refractivity (Wildman–Crippen MR) is 112 cm³/mol.